The molecule has 3 aromatic rings. The van der Waals surface area contributed by atoms with Crippen LogP contribution < -0.4 is 15.4 Å². The minimum absolute atomic E-state index is 0.0454. The van der Waals surface area contributed by atoms with E-state index in [0.717, 1.165) is 35.3 Å². The normalized spacial score (nSPS) is 13.3. The Morgan fingerprint density at radius 2 is 1.50 bits per heavy atom. The monoisotopic (exact) mass is 544 g/mol. The molecule has 0 amide bonds. The van der Waals surface area contributed by atoms with Crippen molar-refractivity contribution in [3.8, 4) is 28.0 Å². The van der Waals surface area contributed by atoms with Crippen LogP contribution in [0.25, 0.3) is 22.3 Å². The second kappa shape index (κ2) is 13.0. The number of carbonyl (C=O) groups is 2. The molecule has 7 heteroatoms. The summed E-state index contributed by atoms with van der Waals surface area (Å²) in [6, 6.07) is 20.1. The number of hydrogen-bond donors (Lipinski definition) is 1. The summed E-state index contributed by atoms with van der Waals surface area (Å²) in [4.78, 5) is 25.9. The van der Waals surface area contributed by atoms with Gasteiger partial charge in [0, 0.05) is 37.8 Å². The number of nitrogens with zero attached hydrogens (tertiary/aromatic N) is 1. The summed E-state index contributed by atoms with van der Waals surface area (Å²) >= 11 is 0. The van der Waals surface area contributed by atoms with Crippen LogP contribution in [-0.4, -0.2) is 51.4 Å². The van der Waals surface area contributed by atoms with E-state index in [1.54, 1.807) is 12.1 Å². The van der Waals surface area contributed by atoms with E-state index in [1.165, 1.54) is 31.0 Å². The molecule has 1 heterocycles. The Bertz CT molecular complexity index is 1320. The molecule has 40 heavy (non-hydrogen) atoms. The van der Waals surface area contributed by atoms with Crippen molar-refractivity contribution in [1.29, 1.82) is 0 Å². The number of ether oxygens (including phenoxy) is 3. The Morgan fingerprint density at radius 1 is 0.825 bits per heavy atom. The predicted octanol–water partition coefficient (Wildman–Crippen LogP) is 5.98. The number of esters is 2. The van der Waals surface area contributed by atoms with Gasteiger partial charge in [0.2, 0.25) is 0 Å². The maximum atomic E-state index is 12.2. The van der Waals surface area contributed by atoms with Gasteiger partial charge in [-0.15, -0.1) is 0 Å². The van der Waals surface area contributed by atoms with Crippen LogP contribution >= 0.6 is 0 Å². The molecule has 2 N–H and O–H groups in total. The van der Waals surface area contributed by atoms with Crippen LogP contribution in [0.3, 0.4) is 0 Å². The Labute approximate surface area is 237 Å². The standard InChI is InChI=1S/C33H40N2O5/c1-23(36)38-19-20-39-31-14-12-26(24-7-9-25(10-8-24)32(37)40-18-15-34)21-28(31)27-11-13-30(35-16-5-6-17-35)29(22-27)33(2,3)4/h7-14,21-22H,5-6,15-20,34H2,1-4H3. The van der Waals surface area contributed by atoms with Gasteiger partial charge in [-0.05, 0) is 76.9 Å². The number of carbonyl (C=O) groups excluding carboxylic acids is 2. The largest absolute Gasteiger partial charge is 0.489 e. The zero-order chi connectivity index (χ0) is 28.7. The first kappa shape index (κ1) is 29.2. The van der Waals surface area contributed by atoms with Crippen molar-refractivity contribution in [2.45, 2.75) is 46.0 Å². The smallest absolute Gasteiger partial charge is 0.338 e. The lowest BCUT2D eigenvalue weighted by Crippen LogP contribution is -2.23. The lowest BCUT2D eigenvalue weighted by atomic mass is 9.83. The SMILES string of the molecule is CC(=O)OCCOc1ccc(-c2ccc(C(=O)OCCN)cc2)cc1-c1ccc(N2CCCC2)c(C(C)(C)C)c1. The van der Waals surface area contributed by atoms with E-state index in [-0.39, 0.29) is 43.7 Å². The second-order valence-electron chi connectivity index (χ2n) is 11.1. The predicted molar refractivity (Wildman–Crippen MR) is 159 cm³/mol. The minimum Gasteiger partial charge on any atom is -0.489 e. The van der Waals surface area contributed by atoms with Gasteiger partial charge in [0.25, 0.3) is 0 Å². The average molecular weight is 545 g/mol. The van der Waals surface area contributed by atoms with E-state index < -0.39 is 0 Å². The maximum absolute atomic E-state index is 12.2. The zero-order valence-corrected chi connectivity index (χ0v) is 24.0. The van der Waals surface area contributed by atoms with Crippen molar-refractivity contribution >= 4 is 17.6 Å². The van der Waals surface area contributed by atoms with Crippen LogP contribution in [0.1, 0.15) is 56.5 Å². The molecular weight excluding hydrogens is 504 g/mol. The van der Waals surface area contributed by atoms with Crippen LogP contribution in [0.15, 0.2) is 60.7 Å². The molecular formula is C33H40N2O5. The highest BCUT2D eigenvalue weighted by molar-refractivity contribution is 5.90. The van der Waals surface area contributed by atoms with Crippen molar-refractivity contribution in [3.63, 3.8) is 0 Å². The summed E-state index contributed by atoms with van der Waals surface area (Å²) in [7, 11) is 0. The van der Waals surface area contributed by atoms with E-state index in [2.05, 4.69) is 49.9 Å². The molecule has 0 aromatic heterocycles. The summed E-state index contributed by atoms with van der Waals surface area (Å²) < 4.78 is 16.3. The molecule has 212 valence electrons. The van der Waals surface area contributed by atoms with Crippen LogP contribution in [0, 0.1) is 0 Å². The highest BCUT2D eigenvalue weighted by Gasteiger charge is 2.24. The third kappa shape index (κ3) is 7.21. The van der Waals surface area contributed by atoms with Gasteiger partial charge in [-0.25, -0.2) is 4.79 Å². The first-order chi connectivity index (χ1) is 19.2. The lowest BCUT2D eigenvalue weighted by Gasteiger charge is -2.29. The van der Waals surface area contributed by atoms with E-state index in [0.29, 0.717) is 11.3 Å². The van der Waals surface area contributed by atoms with Crippen molar-refractivity contribution in [1.82, 2.24) is 0 Å². The van der Waals surface area contributed by atoms with E-state index in [4.69, 9.17) is 19.9 Å². The quantitative estimate of drug-likeness (QED) is 0.248. The van der Waals surface area contributed by atoms with Crippen molar-refractivity contribution in [2.75, 3.05) is 44.4 Å². The van der Waals surface area contributed by atoms with Crippen molar-refractivity contribution in [2.24, 2.45) is 5.73 Å². The lowest BCUT2D eigenvalue weighted by molar-refractivity contribution is -0.141. The van der Waals surface area contributed by atoms with E-state index >= 15 is 0 Å². The molecule has 0 radical (unpaired) electrons. The summed E-state index contributed by atoms with van der Waals surface area (Å²) in [6.07, 6.45) is 2.44. The van der Waals surface area contributed by atoms with Crippen molar-refractivity contribution in [3.05, 3.63) is 71.8 Å². The van der Waals surface area contributed by atoms with Gasteiger partial charge in [-0.1, -0.05) is 45.0 Å². The van der Waals surface area contributed by atoms with E-state index in [9.17, 15) is 9.59 Å². The molecule has 1 aliphatic rings. The topological polar surface area (TPSA) is 91.1 Å². The molecule has 0 atom stereocenters. The average Bonchev–Trinajstić information content (AvgIpc) is 3.48. The van der Waals surface area contributed by atoms with Gasteiger partial charge in [-0.3, -0.25) is 4.79 Å². The Balaban J connectivity index is 1.71. The first-order valence-electron chi connectivity index (χ1n) is 13.9. The molecule has 7 nitrogen and oxygen atoms in total. The number of anilines is 1. The van der Waals surface area contributed by atoms with Gasteiger partial charge in [0.15, 0.2) is 0 Å². The Hall–Kier alpha value is -3.84. The first-order valence-corrected chi connectivity index (χ1v) is 13.9. The molecule has 1 saturated heterocycles. The molecule has 0 unspecified atom stereocenters. The molecule has 0 bridgehead atoms. The number of hydrogen-bond acceptors (Lipinski definition) is 7. The fourth-order valence-electron chi connectivity index (χ4n) is 4.97. The van der Waals surface area contributed by atoms with Gasteiger partial charge in [0.05, 0.1) is 5.56 Å². The van der Waals surface area contributed by atoms with Crippen LogP contribution in [0.5, 0.6) is 5.75 Å². The fourth-order valence-corrected chi connectivity index (χ4v) is 4.97. The third-order valence-electron chi connectivity index (χ3n) is 6.99. The Morgan fingerprint density at radius 3 is 2.15 bits per heavy atom. The van der Waals surface area contributed by atoms with Gasteiger partial charge in [0.1, 0.15) is 25.6 Å². The Kier molecular flexibility index (Phi) is 9.48. The molecule has 0 spiro atoms. The van der Waals surface area contributed by atoms with E-state index in [1.807, 2.05) is 24.3 Å². The summed E-state index contributed by atoms with van der Waals surface area (Å²) in [6.45, 7) is 11.2. The van der Waals surface area contributed by atoms with Crippen LogP contribution in [-0.2, 0) is 19.7 Å². The van der Waals surface area contributed by atoms with Gasteiger partial charge in [-0.2, -0.15) is 0 Å². The van der Waals surface area contributed by atoms with Gasteiger partial charge < -0.3 is 24.8 Å². The van der Waals surface area contributed by atoms with Gasteiger partial charge >= 0.3 is 11.9 Å². The molecule has 0 saturated carbocycles. The minimum atomic E-state index is -0.387. The van der Waals surface area contributed by atoms with Crippen LogP contribution in [0.2, 0.25) is 0 Å². The molecule has 4 rings (SSSR count). The molecule has 1 aliphatic heterocycles. The number of rotatable bonds is 10. The molecule has 1 fully saturated rings. The molecule has 3 aromatic carbocycles. The highest BCUT2D eigenvalue weighted by Crippen LogP contribution is 2.40. The second-order valence-corrected chi connectivity index (χ2v) is 11.1. The van der Waals surface area contributed by atoms with Crippen molar-refractivity contribution < 1.29 is 23.8 Å². The fraction of sp³-hybridized carbons (Fsp3) is 0.394. The number of benzene rings is 3. The maximum Gasteiger partial charge on any atom is 0.338 e. The summed E-state index contributed by atoms with van der Waals surface area (Å²) in [5, 5.41) is 0. The summed E-state index contributed by atoms with van der Waals surface area (Å²) in [5.41, 5.74) is 12.4. The molecule has 0 aliphatic carbocycles. The highest BCUT2D eigenvalue weighted by atomic mass is 16.6. The third-order valence-corrected chi connectivity index (χ3v) is 6.99. The summed E-state index contributed by atoms with van der Waals surface area (Å²) in [5.74, 6) is -0.00414. The number of nitrogens with two attached hydrogens (primary N) is 1. The van der Waals surface area contributed by atoms with Crippen LogP contribution in [0.4, 0.5) is 5.69 Å². The zero-order valence-electron chi connectivity index (χ0n) is 24.0.